The van der Waals surface area contributed by atoms with Crippen molar-refractivity contribution < 1.29 is 9.59 Å². The van der Waals surface area contributed by atoms with Crippen LogP contribution in [0.15, 0.2) is 63.7 Å². The van der Waals surface area contributed by atoms with E-state index >= 15 is 0 Å². The zero-order valence-electron chi connectivity index (χ0n) is 16.2. The smallest absolute Gasteiger partial charge is 0.185 e. The Balaban J connectivity index is 0.000000568. The molecule has 2 aromatic rings. The number of carbonyl (C=O) groups excluding carboxylic acids is 2. The molecule has 0 spiro atoms. The Morgan fingerprint density at radius 3 is 1.86 bits per heavy atom. The van der Waals surface area contributed by atoms with Gasteiger partial charge in [0.25, 0.3) is 0 Å². The number of thiol groups is 1. The molecule has 0 heterocycles. The highest BCUT2D eigenvalue weighted by molar-refractivity contribution is 9.10. The summed E-state index contributed by atoms with van der Waals surface area (Å²) in [6, 6.07) is 15.2. The zero-order chi connectivity index (χ0) is 21.1. The number of rotatable bonds is 7. The van der Waals surface area contributed by atoms with Crippen LogP contribution in [-0.4, -0.2) is 16.9 Å². The van der Waals surface area contributed by atoms with Crippen LogP contribution in [-0.2, 0) is 4.79 Å². The van der Waals surface area contributed by atoms with E-state index in [1.165, 1.54) is 0 Å². The zero-order valence-corrected chi connectivity index (χ0v) is 20.3. The quantitative estimate of drug-likeness (QED) is 0.312. The summed E-state index contributed by atoms with van der Waals surface area (Å²) in [4.78, 5) is 22.2. The molecule has 0 aliphatic heterocycles. The maximum absolute atomic E-state index is 12.3. The lowest BCUT2D eigenvalue weighted by molar-refractivity contribution is -0.110. The molecule has 28 heavy (non-hydrogen) atoms. The second kappa shape index (κ2) is 13.0. The Kier molecular flexibility index (Phi) is 11.4. The minimum atomic E-state index is -0.272. The Labute approximate surface area is 189 Å². The summed E-state index contributed by atoms with van der Waals surface area (Å²) in [5.41, 5.74) is 2.92. The van der Waals surface area contributed by atoms with Crippen LogP contribution in [0.25, 0.3) is 5.57 Å². The van der Waals surface area contributed by atoms with Crippen molar-refractivity contribution >= 4 is 61.0 Å². The van der Waals surface area contributed by atoms with Gasteiger partial charge in [-0.1, -0.05) is 63.0 Å². The van der Waals surface area contributed by atoms with E-state index in [9.17, 15) is 9.59 Å². The second-order valence-corrected chi connectivity index (χ2v) is 8.57. The van der Waals surface area contributed by atoms with Gasteiger partial charge in [-0.15, -0.1) is 12.6 Å². The summed E-state index contributed by atoms with van der Waals surface area (Å²) >= 11 is 10.3. The van der Waals surface area contributed by atoms with Crippen molar-refractivity contribution in [2.24, 2.45) is 0 Å². The van der Waals surface area contributed by atoms with Crippen molar-refractivity contribution in [2.45, 2.75) is 39.7 Å². The molecular formula is C22H25Br2NO2S. The molecule has 2 rings (SSSR count). The van der Waals surface area contributed by atoms with E-state index < -0.39 is 0 Å². The molecule has 150 valence electrons. The lowest BCUT2D eigenvalue weighted by Gasteiger charge is -2.12. The molecule has 6 heteroatoms. The molecule has 0 aromatic heterocycles. The van der Waals surface area contributed by atoms with Gasteiger partial charge in [-0.25, -0.2) is 0 Å². The summed E-state index contributed by atoms with van der Waals surface area (Å²) in [6.45, 7) is 5.84. The molecule has 0 aliphatic rings. The summed E-state index contributed by atoms with van der Waals surface area (Å²) in [5.74, 6) is 0.0763. The fraction of sp³-hybridized carbons (Fsp3) is 0.273. The number of carbonyl (C=O) groups is 2. The minimum absolute atomic E-state index is 0.0162. The first-order chi connectivity index (χ1) is 13.2. The average molecular weight is 527 g/mol. The van der Waals surface area contributed by atoms with Crippen molar-refractivity contribution in [2.75, 3.05) is 0 Å². The van der Waals surface area contributed by atoms with E-state index in [0.717, 1.165) is 26.5 Å². The monoisotopic (exact) mass is 525 g/mol. The molecule has 0 bridgehead atoms. The number of allylic oxidation sites excluding steroid dienone is 1. The van der Waals surface area contributed by atoms with Gasteiger partial charge < -0.3 is 5.32 Å². The highest BCUT2D eigenvalue weighted by Gasteiger charge is 2.13. The molecule has 1 atom stereocenters. The summed E-state index contributed by atoms with van der Waals surface area (Å²) in [6.07, 6.45) is 3.40. The highest BCUT2D eigenvalue weighted by atomic mass is 79.9. The molecule has 0 aliphatic carbocycles. The number of benzene rings is 2. The number of nitrogens with one attached hydrogen (secondary N) is 1. The van der Waals surface area contributed by atoms with Gasteiger partial charge in [0.05, 0.1) is 6.04 Å². The van der Waals surface area contributed by atoms with Gasteiger partial charge in [-0.2, -0.15) is 0 Å². The molecular weight excluding hydrogens is 502 g/mol. The molecule has 2 aromatic carbocycles. The molecule has 0 saturated carbocycles. The Morgan fingerprint density at radius 2 is 1.46 bits per heavy atom. The Bertz CT molecular complexity index is 802. The van der Waals surface area contributed by atoms with Crippen molar-refractivity contribution in [3.05, 3.63) is 74.8 Å². The van der Waals surface area contributed by atoms with Crippen molar-refractivity contribution in [3.8, 4) is 0 Å². The van der Waals surface area contributed by atoms with E-state index in [4.69, 9.17) is 0 Å². The van der Waals surface area contributed by atoms with E-state index in [1.807, 2.05) is 75.5 Å². The summed E-state index contributed by atoms with van der Waals surface area (Å²) in [5, 5.41) is 3.16. The van der Waals surface area contributed by atoms with Crippen LogP contribution >= 0.6 is 44.5 Å². The third-order valence-corrected chi connectivity index (χ3v) is 5.12. The lowest BCUT2D eigenvalue weighted by atomic mass is 10.1. The van der Waals surface area contributed by atoms with E-state index in [0.29, 0.717) is 12.0 Å². The standard InChI is InChI=1S/C18H17Br2NO.C4H8OS/c1-12(14-3-7-16(19)8-4-14)11-21-13(2)18(22)15-5-9-17(20)10-6-15;1-2-3-4(5)6/h3-11,13,21H,1-2H3;2-3H2,1H3,(H,5,6)/b12-11+;. The molecule has 1 unspecified atom stereocenters. The predicted octanol–water partition coefficient (Wildman–Crippen LogP) is 6.68. The van der Waals surface area contributed by atoms with Crippen LogP contribution in [0.1, 0.15) is 49.5 Å². The van der Waals surface area contributed by atoms with Crippen LogP contribution in [0.4, 0.5) is 0 Å². The topological polar surface area (TPSA) is 46.2 Å². The molecule has 1 N–H and O–H groups in total. The van der Waals surface area contributed by atoms with Crippen LogP contribution < -0.4 is 5.32 Å². The van der Waals surface area contributed by atoms with Crippen molar-refractivity contribution in [3.63, 3.8) is 0 Å². The highest BCUT2D eigenvalue weighted by Crippen LogP contribution is 2.17. The van der Waals surface area contributed by atoms with E-state index in [1.54, 1.807) is 0 Å². The molecule has 0 amide bonds. The van der Waals surface area contributed by atoms with Crippen LogP contribution in [0.2, 0.25) is 0 Å². The lowest BCUT2D eigenvalue weighted by Crippen LogP contribution is -2.30. The first-order valence-electron chi connectivity index (χ1n) is 8.95. The number of halogens is 2. The fourth-order valence-electron chi connectivity index (χ4n) is 2.20. The maximum Gasteiger partial charge on any atom is 0.185 e. The van der Waals surface area contributed by atoms with Crippen LogP contribution in [0, 0.1) is 0 Å². The third kappa shape index (κ3) is 9.22. The Morgan fingerprint density at radius 1 is 1.00 bits per heavy atom. The van der Waals surface area contributed by atoms with E-state index in [2.05, 4.69) is 49.8 Å². The normalized spacial score (nSPS) is 11.9. The number of hydrogen-bond acceptors (Lipinski definition) is 3. The summed E-state index contributed by atoms with van der Waals surface area (Å²) < 4.78 is 2.02. The molecule has 0 fully saturated rings. The minimum Gasteiger partial charge on any atom is -0.381 e. The predicted molar refractivity (Wildman–Crippen MR) is 128 cm³/mol. The first-order valence-corrected chi connectivity index (χ1v) is 11.0. The van der Waals surface area contributed by atoms with Gasteiger partial charge in [0.15, 0.2) is 10.9 Å². The third-order valence-electron chi connectivity index (χ3n) is 3.84. The first kappa shape index (κ1) is 24.7. The second-order valence-electron chi connectivity index (χ2n) is 6.24. The molecule has 0 radical (unpaired) electrons. The van der Waals surface area contributed by atoms with Crippen molar-refractivity contribution in [1.82, 2.24) is 5.32 Å². The van der Waals surface area contributed by atoms with Gasteiger partial charge in [0.2, 0.25) is 0 Å². The van der Waals surface area contributed by atoms with Crippen molar-refractivity contribution in [1.29, 1.82) is 0 Å². The van der Waals surface area contributed by atoms with Gasteiger partial charge in [0.1, 0.15) is 0 Å². The SMILES string of the molecule is C/C(=C\NC(C)C(=O)c1ccc(Br)cc1)c1ccc(Br)cc1.CCCC(=O)S. The van der Waals surface area contributed by atoms with E-state index in [-0.39, 0.29) is 16.9 Å². The number of Topliss-reactive ketones (excluding diaryl/α,β-unsaturated/α-hetero) is 1. The van der Waals surface area contributed by atoms with Gasteiger partial charge in [0, 0.05) is 27.1 Å². The molecule has 0 saturated heterocycles. The van der Waals surface area contributed by atoms with Crippen LogP contribution in [0.5, 0.6) is 0 Å². The maximum atomic E-state index is 12.3. The molecule has 3 nitrogen and oxygen atoms in total. The van der Waals surface area contributed by atoms with Gasteiger partial charge in [-0.3, -0.25) is 9.59 Å². The average Bonchev–Trinajstić information content (AvgIpc) is 2.67. The van der Waals surface area contributed by atoms with Gasteiger partial charge in [-0.05, 0) is 55.7 Å². The fourth-order valence-corrected chi connectivity index (χ4v) is 2.95. The van der Waals surface area contributed by atoms with Gasteiger partial charge >= 0.3 is 0 Å². The summed E-state index contributed by atoms with van der Waals surface area (Å²) in [7, 11) is 0. The number of ketones is 1. The largest absolute Gasteiger partial charge is 0.381 e. The van der Waals surface area contributed by atoms with Crippen LogP contribution in [0.3, 0.4) is 0 Å². The number of hydrogen-bond donors (Lipinski definition) is 2. The Hall–Kier alpha value is -1.37.